The molecule has 0 fully saturated rings. The number of aryl methyl sites for hydroxylation is 2. The van der Waals surface area contributed by atoms with Crippen LogP contribution < -0.4 is 5.32 Å². The Morgan fingerprint density at radius 2 is 1.93 bits per heavy atom. The average molecular weight is 360 g/mol. The van der Waals surface area contributed by atoms with E-state index in [9.17, 15) is 14.4 Å². The van der Waals surface area contributed by atoms with Gasteiger partial charge in [0, 0.05) is 17.3 Å². The molecule has 0 atom stereocenters. The van der Waals surface area contributed by atoms with Crippen molar-refractivity contribution in [2.24, 2.45) is 0 Å². The minimum Gasteiger partial charge on any atom is -0.457 e. The lowest BCUT2D eigenvalue weighted by atomic mass is 10.1. The first-order chi connectivity index (χ1) is 13.0. The summed E-state index contributed by atoms with van der Waals surface area (Å²) in [5.74, 6) is -0.107. The Balaban J connectivity index is 1.81. The zero-order chi connectivity index (χ0) is 19.4. The van der Waals surface area contributed by atoms with E-state index >= 15 is 0 Å². The maximum absolute atomic E-state index is 13.3. The Morgan fingerprint density at radius 1 is 1.11 bits per heavy atom. The first-order valence-electron chi connectivity index (χ1n) is 8.32. The first-order valence-corrected chi connectivity index (χ1v) is 8.32. The van der Waals surface area contributed by atoms with Crippen LogP contribution in [0.3, 0.4) is 0 Å². The number of hydrogen-bond acceptors (Lipinski definition) is 3. The molecular formula is C22H17FN2O2. The van der Waals surface area contributed by atoms with Crippen LogP contribution in [0.25, 0.3) is 17.4 Å². The predicted octanol–water partition coefficient (Wildman–Crippen LogP) is 5.25. The van der Waals surface area contributed by atoms with E-state index in [0.29, 0.717) is 22.8 Å². The number of nitriles is 1. The fourth-order valence-corrected chi connectivity index (χ4v) is 2.54. The van der Waals surface area contributed by atoms with Crippen LogP contribution >= 0.6 is 0 Å². The van der Waals surface area contributed by atoms with E-state index < -0.39 is 5.91 Å². The monoisotopic (exact) mass is 360 g/mol. The Kier molecular flexibility index (Phi) is 5.18. The van der Waals surface area contributed by atoms with Crippen LogP contribution in [0.2, 0.25) is 0 Å². The van der Waals surface area contributed by atoms with E-state index in [2.05, 4.69) is 5.32 Å². The number of benzene rings is 2. The van der Waals surface area contributed by atoms with Gasteiger partial charge in [0.2, 0.25) is 0 Å². The molecule has 0 aliphatic rings. The van der Waals surface area contributed by atoms with Gasteiger partial charge < -0.3 is 9.73 Å². The molecule has 0 bridgehead atoms. The summed E-state index contributed by atoms with van der Waals surface area (Å²) < 4.78 is 19.0. The van der Waals surface area contributed by atoms with Crippen LogP contribution in [0.15, 0.2) is 64.6 Å². The summed E-state index contributed by atoms with van der Waals surface area (Å²) >= 11 is 0. The second kappa shape index (κ2) is 7.71. The topological polar surface area (TPSA) is 66.0 Å². The molecule has 2 aromatic carbocycles. The third-order valence-electron chi connectivity index (χ3n) is 4.15. The Labute approximate surface area is 156 Å². The second-order valence-electron chi connectivity index (χ2n) is 6.14. The minimum absolute atomic E-state index is 0.0895. The van der Waals surface area contributed by atoms with Crippen LogP contribution in [0.4, 0.5) is 10.1 Å². The zero-order valence-electron chi connectivity index (χ0n) is 14.9. The van der Waals surface area contributed by atoms with Crippen LogP contribution in [0.1, 0.15) is 16.9 Å². The summed E-state index contributed by atoms with van der Waals surface area (Å²) in [6.07, 6.45) is 1.36. The van der Waals surface area contributed by atoms with Gasteiger partial charge in [-0.1, -0.05) is 18.2 Å². The van der Waals surface area contributed by atoms with Gasteiger partial charge >= 0.3 is 0 Å². The summed E-state index contributed by atoms with van der Waals surface area (Å²) in [7, 11) is 0. The smallest absolute Gasteiger partial charge is 0.266 e. The van der Waals surface area contributed by atoms with Gasteiger partial charge in [0.1, 0.15) is 29.0 Å². The number of carbonyl (C=O) groups excluding carboxylic acids is 1. The molecule has 1 N–H and O–H groups in total. The maximum Gasteiger partial charge on any atom is 0.266 e. The lowest BCUT2D eigenvalue weighted by Crippen LogP contribution is -2.13. The fraction of sp³-hybridized carbons (Fsp3) is 0.0909. The summed E-state index contributed by atoms with van der Waals surface area (Å²) in [6, 6.07) is 16.7. The number of nitrogens with one attached hydrogen (secondary N) is 1. The molecule has 4 nitrogen and oxygen atoms in total. The van der Waals surface area contributed by atoms with Gasteiger partial charge in [0.15, 0.2) is 0 Å². The summed E-state index contributed by atoms with van der Waals surface area (Å²) in [4.78, 5) is 12.4. The predicted molar refractivity (Wildman–Crippen MR) is 102 cm³/mol. The minimum atomic E-state index is -0.524. The molecule has 5 heteroatoms. The zero-order valence-corrected chi connectivity index (χ0v) is 14.9. The molecule has 1 aromatic heterocycles. The Hall–Kier alpha value is -3.65. The highest BCUT2D eigenvalue weighted by Crippen LogP contribution is 2.24. The number of amides is 1. The molecular weight excluding hydrogens is 343 g/mol. The summed E-state index contributed by atoms with van der Waals surface area (Å²) in [5.41, 5.74) is 3.26. The third kappa shape index (κ3) is 4.31. The molecule has 1 amide bonds. The number of halogens is 1. The highest BCUT2D eigenvalue weighted by atomic mass is 19.1. The van der Waals surface area contributed by atoms with E-state index in [1.807, 2.05) is 32.0 Å². The van der Waals surface area contributed by atoms with Crippen molar-refractivity contribution in [2.45, 2.75) is 13.8 Å². The SMILES string of the molecule is Cc1ccc(NC(=O)/C(C#N)=C\c2ccc(-c3cccc(F)c3)o2)cc1C. The van der Waals surface area contributed by atoms with Gasteiger partial charge in [-0.3, -0.25) is 4.79 Å². The van der Waals surface area contributed by atoms with Crippen molar-refractivity contribution in [3.63, 3.8) is 0 Å². The van der Waals surface area contributed by atoms with Crippen LogP contribution in [0.5, 0.6) is 0 Å². The number of furan rings is 1. The van der Waals surface area contributed by atoms with Crippen molar-refractivity contribution in [1.29, 1.82) is 5.26 Å². The van der Waals surface area contributed by atoms with Crippen molar-refractivity contribution in [1.82, 2.24) is 0 Å². The largest absolute Gasteiger partial charge is 0.457 e. The molecule has 3 aromatic rings. The lowest BCUT2D eigenvalue weighted by molar-refractivity contribution is -0.112. The van der Waals surface area contributed by atoms with E-state index in [1.54, 1.807) is 30.3 Å². The van der Waals surface area contributed by atoms with Crippen molar-refractivity contribution >= 4 is 17.7 Å². The second-order valence-corrected chi connectivity index (χ2v) is 6.14. The van der Waals surface area contributed by atoms with Crippen LogP contribution in [-0.2, 0) is 4.79 Å². The molecule has 27 heavy (non-hydrogen) atoms. The molecule has 134 valence electrons. The number of hydrogen-bond donors (Lipinski definition) is 1. The molecule has 0 saturated carbocycles. The normalized spacial score (nSPS) is 11.1. The van der Waals surface area contributed by atoms with Gasteiger partial charge in [-0.2, -0.15) is 5.26 Å². The average Bonchev–Trinajstić information content (AvgIpc) is 3.11. The molecule has 0 aliphatic heterocycles. The standard InChI is InChI=1S/C22H17FN2O2/c1-14-6-7-19(10-15(14)2)25-22(26)17(13-24)12-20-8-9-21(27-20)16-4-3-5-18(23)11-16/h3-12H,1-2H3,(H,25,26)/b17-12-. The van der Waals surface area contributed by atoms with Gasteiger partial charge in [0.25, 0.3) is 5.91 Å². The highest BCUT2D eigenvalue weighted by Gasteiger charge is 2.12. The van der Waals surface area contributed by atoms with Crippen LogP contribution in [-0.4, -0.2) is 5.91 Å². The number of rotatable bonds is 4. The van der Waals surface area contributed by atoms with Gasteiger partial charge in [-0.15, -0.1) is 0 Å². The number of anilines is 1. The van der Waals surface area contributed by atoms with Gasteiger partial charge in [-0.05, 0) is 61.4 Å². The van der Waals surface area contributed by atoms with Crippen LogP contribution in [0, 0.1) is 31.0 Å². The highest BCUT2D eigenvalue weighted by molar-refractivity contribution is 6.09. The van der Waals surface area contributed by atoms with Crippen molar-refractivity contribution in [3.8, 4) is 17.4 Å². The lowest BCUT2D eigenvalue weighted by Gasteiger charge is -2.06. The molecule has 0 aliphatic carbocycles. The Bertz CT molecular complexity index is 1070. The molecule has 3 rings (SSSR count). The summed E-state index contributed by atoms with van der Waals surface area (Å²) in [6.45, 7) is 3.93. The number of carbonyl (C=O) groups is 1. The van der Waals surface area contributed by atoms with Crippen molar-refractivity contribution in [3.05, 3.63) is 82.9 Å². The van der Waals surface area contributed by atoms with E-state index in [-0.39, 0.29) is 11.4 Å². The number of nitrogens with zero attached hydrogens (tertiary/aromatic N) is 1. The fourth-order valence-electron chi connectivity index (χ4n) is 2.54. The Morgan fingerprint density at radius 3 is 2.63 bits per heavy atom. The first kappa shape index (κ1) is 18.2. The third-order valence-corrected chi connectivity index (χ3v) is 4.15. The maximum atomic E-state index is 13.3. The molecule has 0 radical (unpaired) electrons. The molecule has 0 unspecified atom stereocenters. The quantitative estimate of drug-likeness (QED) is 0.510. The van der Waals surface area contributed by atoms with Gasteiger partial charge in [-0.25, -0.2) is 4.39 Å². The van der Waals surface area contributed by atoms with E-state index in [0.717, 1.165) is 11.1 Å². The van der Waals surface area contributed by atoms with E-state index in [4.69, 9.17) is 4.42 Å². The van der Waals surface area contributed by atoms with Crippen molar-refractivity contribution < 1.29 is 13.6 Å². The van der Waals surface area contributed by atoms with Crippen molar-refractivity contribution in [2.75, 3.05) is 5.32 Å². The molecule has 0 spiro atoms. The van der Waals surface area contributed by atoms with E-state index in [1.165, 1.54) is 18.2 Å². The van der Waals surface area contributed by atoms with Gasteiger partial charge in [0.05, 0.1) is 0 Å². The molecule has 0 saturated heterocycles. The molecule has 1 heterocycles. The summed E-state index contributed by atoms with van der Waals surface area (Å²) in [5, 5.41) is 12.0.